The molecule has 2 rings (SSSR count). The van der Waals surface area contributed by atoms with Crippen molar-refractivity contribution in [3.63, 3.8) is 0 Å². The molecule has 1 aliphatic rings. The predicted octanol–water partition coefficient (Wildman–Crippen LogP) is 2.74. The number of hydrogen-bond acceptors (Lipinski definition) is 3. The molecule has 1 saturated carbocycles. The summed E-state index contributed by atoms with van der Waals surface area (Å²) in [6, 6.07) is 6.80. The molecule has 1 fully saturated rings. The minimum absolute atomic E-state index is 0.399. The van der Waals surface area contributed by atoms with Gasteiger partial charge in [0.15, 0.2) is 11.5 Å². The molecule has 1 aromatic rings. The van der Waals surface area contributed by atoms with Gasteiger partial charge in [-0.05, 0) is 44.4 Å². The monoisotopic (exact) mass is 259 g/mol. The molecular weight excluding hydrogens is 238 g/mol. The fraction of sp³-hybridized carbons (Fsp3) is 0.500. The molecule has 102 valence electrons. The van der Waals surface area contributed by atoms with E-state index in [4.69, 9.17) is 9.47 Å². The van der Waals surface area contributed by atoms with Crippen molar-refractivity contribution >= 4 is 0 Å². The largest absolute Gasteiger partial charge is 0.490 e. The van der Waals surface area contributed by atoms with Gasteiger partial charge >= 0.3 is 0 Å². The predicted molar refractivity (Wildman–Crippen MR) is 76.4 cm³/mol. The van der Waals surface area contributed by atoms with Gasteiger partial charge in [-0.2, -0.15) is 0 Å². The Bertz CT molecular complexity index is 469. The van der Waals surface area contributed by atoms with Crippen molar-refractivity contribution in [2.75, 3.05) is 13.2 Å². The Kier molecular flexibility index (Phi) is 5.11. The average molecular weight is 259 g/mol. The van der Waals surface area contributed by atoms with E-state index in [1.807, 2.05) is 19.1 Å². The summed E-state index contributed by atoms with van der Waals surface area (Å²) in [5.41, 5.74) is 1.23. The summed E-state index contributed by atoms with van der Waals surface area (Å²) in [7, 11) is 0. The first kappa shape index (κ1) is 13.8. The summed E-state index contributed by atoms with van der Waals surface area (Å²) < 4.78 is 11.2. The molecule has 0 atom stereocenters. The number of nitrogens with one attached hydrogen (secondary N) is 1. The van der Waals surface area contributed by atoms with E-state index in [9.17, 15) is 0 Å². The van der Waals surface area contributed by atoms with Crippen molar-refractivity contribution in [2.45, 2.75) is 39.3 Å². The van der Waals surface area contributed by atoms with Crippen LogP contribution < -0.4 is 14.8 Å². The molecule has 0 bridgehead atoms. The van der Waals surface area contributed by atoms with E-state index in [-0.39, 0.29) is 0 Å². The summed E-state index contributed by atoms with van der Waals surface area (Å²) in [5, 5.41) is 3.50. The van der Waals surface area contributed by atoms with Crippen LogP contribution >= 0.6 is 0 Å². The van der Waals surface area contributed by atoms with Crippen LogP contribution in [0, 0.1) is 11.8 Å². The lowest BCUT2D eigenvalue weighted by Gasteiger charge is -2.12. The van der Waals surface area contributed by atoms with E-state index in [1.54, 1.807) is 6.92 Å². The van der Waals surface area contributed by atoms with Crippen LogP contribution in [0.25, 0.3) is 0 Å². The Labute approximate surface area is 115 Å². The SMILES string of the molecule is CC#CCOc1ccc(CNC2CC2)cc1OCC. The van der Waals surface area contributed by atoms with Gasteiger partial charge in [0.05, 0.1) is 6.61 Å². The maximum absolute atomic E-state index is 5.63. The summed E-state index contributed by atoms with van der Waals surface area (Å²) in [5.74, 6) is 7.27. The van der Waals surface area contributed by atoms with Gasteiger partial charge in [0, 0.05) is 12.6 Å². The fourth-order valence-electron chi connectivity index (χ4n) is 1.79. The van der Waals surface area contributed by atoms with E-state index < -0.39 is 0 Å². The van der Waals surface area contributed by atoms with Gasteiger partial charge in [-0.25, -0.2) is 0 Å². The zero-order valence-electron chi connectivity index (χ0n) is 11.7. The maximum Gasteiger partial charge on any atom is 0.162 e. The van der Waals surface area contributed by atoms with Crippen LogP contribution in [0.2, 0.25) is 0 Å². The van der Waals surface area contributed by atoms with Crippen LogP contribution in [0.5, 0.6) is 11.5 Å². The number of benzene rings is 1. The molecule has 1 aliphatic carbocycles. The first-order valence-electron chi connectivity index (χ1n) is 6.85. The summed E-state index contributed by atoms with van der Waals surface area (Å²) in [6.07, 6.45) is 2.60. The molecule has 0 aliphatic heterocycles. The lowest BCUT2D eigenvalue weighted by atomic mass is 10.2. The van der Waals surface area contributed by atoms with Crippen LogP contribution in [0.15, 0.2) is 18.2 Å². The minimum atomic E-state index is 0.399. The molecule has 3 nitrogen and oxygen atoms in total. The van der Waals surface area contributed by atoms with E-state index in [1.165, 1.54) is 18.4 Å². The molecule has 3 heteroatoms. The highest BCUT2D eigenvalue weighted by Crippen LogP contribution is 2.29. The lowest BCUT2D eigenvalue weighted by Crippen LogP contribution is -2.15. The van der Waals surface area contributed by atoms with Gasteiger partial charge in [0.25, 0.3) is 0 Å². The Morgan fingerprint density at radius 3 is 2.79 bits per heavy atom. The van der Waals surface area contributed by atoms with Gasteiger partial charge in [0.2, 0.25) is 0 Å². The number of hydrogen-bond donors (Lipinski definition) is 1. The first-order chi connectivity index (χ1) is 9.33. The van der Waals surface area contributed by atoms with E-state index in [2.05, 4.69) is 23.2 Å². The molecular formula is C16H21NO2. The van der Waals surface area contributed by atoms with Crippen LogP contribution in [-0.4, -0.2) is 19.3 Å². The third kappa shape index (κ3) is 4.50. The Morgan fingerprint density at radius 1 is 1.26 bits per heavy atom. The second-order valence-corrected chi connectivity index (χ2v) is 4.58. The van der Waals surface area contributed by atoms with Gasteiger partial charge in [0.1, 0.15) is 6.61 Å². The molecule has 1 aromatic carbocycles. The average Bonchev–Trinajstić information content (AvgIpc) is 3.23. The number of rotatable bonds is 7. The van der Waals surface area contributed by atoms with Crippen LogP contribution in [0.1, 0.15) is 32.3 Å². The highest BCUT2D eigenvalue weighted by Gasteiger charge is 2.20. The van der Waals surface area contributed by atoms with Crippen LogP contribution in [-0.2, 0) is 6.54 Å². The second kappa shape index (κ2) is 7.06. The molecule has 0 aromatic heterocycles. The van der Waals surface area contributed by atoms with Gasteiger partial charge < -0.3 is 14.8 Å². The molecule has 0 radical (unpaired) electrons. The van der Waals surface area contributed by atoms with E-state index in [0.717, 1.165) is 18.0 Å². The second-order valence-electron chi connectivity index (χ2n) is 4.58. The Balaban J connectivity index is 2.01. The minimum Gasteiger partial charge on any atom is -0.490 e. The lowest BCUT2D eigenvalue weighted by molar-refractivity contribution is 0.299. The maximum atomic E-state index is 5.63. The van der Waals surface area contributed by atoms with Gasteiger partial charge in [-0.15, -0.1) is 5.92 Å². The van der Waals surface area contributed by atoms with Crippen molar-refractivity contribution in [1.29, 1.82) is 0 Å². The molecule has 19 heavy (non-hydrogen) atoms. The van der Waals surface area contributed by atoms with E-state index >= 15 is 0 Å². The van der Waals surface area contributed by atoms with Crippen molar-refractivity contribution in [3.05, 3.63) is 23.8 Å². The quantitative estimate of drug-likeness (QED) is 0.764. The summed E-state index contributed by atoms with van der Waals surface area (Å²) >= 11 is 0. The zero-order chi connectivity index (χ0) is 13.5. The Morgan fingerprint density at radius 2 is 2.11 bits per heavy atom. The summed E-state index contributed by atoms with van der Waals surface area (Å²) in [6.45, 7) is 5.70. The molecule has 0 saturated heterocycles. The van der Waals surface area contributed by atoms with Crippen molar-refractivity contribution in [3.8, 4) is 23.3 Å². The fourth-order valence-corrected chi connectivity index (χ4v) is 1.79. The number of ether oxygens (including phenoxy) is 2. The van der Waals surface area contributed by atoms with Gasteiger partial charge in [-0.1, -0.05) is 12.0 Å². The third-order valence-corrected chi connectivity index (χ3v) is 2.96. The smallest absolute Gasteiger partial charge is 0.162 e. The molecule has 0 spiro atoms. The van der Waals surface area contributed by atoms with Crippen LogP contribution in [0.3, 0.4) is 0 Å². The van der Waals surface area contributed by atoms with Crippen molar-refractivity contribution in [2.24, 2.45) is 0 Å². The van der Waals surface area contributed by atoms with Crippen LogP contribution in [0.4, 0.5) is 0 Å². The standard InChI is InChI=1S/C16H21NO2/c1-3-5-10-19-15-9-6-13(11-16(15)18-4-2)12-17-14-7-8-14/h6,9,11,14,17H,4,7-8,10,12H2,1-2H3. The normalized spacial score (nSPS) is 13.6. The first-order valence-corrected chi connectivity index (χ1v) is 6.85. The molecule has 0 amide bonds. The molecule has 1 N–H and O–H groups in total. The highest BCUT2D eigenvalue weighted by atomic mass is 16.5. The van der Waals surface area contributed by atoms with Gasteiger partial charge in [-0.3, -0.25) is 0 Å². The van der Waals surface area contributed by atoms with E-state index in [0.29, 0.717) is 19.3 Å². The molecule has 0 heterocycles. The summed E-state index contributed by atoms with van der Waals surface area (Å²) in [4.78, 5) is 0. The Hall–Kier alpha value is -1.66. The highest BCUT2D eigenvalue weighted by molar-refractivity contribution is 5.43. The van der Waals surface area contributed by atoms with Crippen molar-refractivity contribution < 1.29 is 9.47 Å². The third-order valence-electron chi connectivity index (χ3n) is 2.96. The van der Waals surface area contributed by atoms with Crippen molar-refractivity contribution in [1.82, 2.24) is 5.32 Å². The topological polar surface area (TPSA) is 30.5 Å². The zero-order valence-corrected chi connectivity index (χ0v) is 11.7. The molecule has 0 unspecified atom stereocenters.